The van der Waals surface area contributed by atoms with Gasteiger partial charge in [-0.3, -0.25) is 9.59 Å². The number of carbonyl (C=O) groups is 2. The Hall–Kier alpha value is -1.84. The molecule has 1 aromatic carbocycles. The molecule has 0 saturated carbocycles. The molecule has 1 aromatic rings. The lowest BCUT2D eigenvalue weighted by molar-refractivity contribution is -0.156. The summed E-state index contributed by atoms with van der Waals surface area (Å²) < 4.78 is 9.91. The number of benzene rings is 1. The summed E-state index contributed by atoms with van der Waals surface area (Å²) in [7, 11) is 0. The molecule has 0 fully saturated rings. The Morgan fingerprint density at radius 3 is 2.25 bits per heavy atom. The maximum absolute atomic E-state index is 10.9. The standard InChI is InChI=1S/C12H14O4/c1-9(13)15-8-12(16-10(2)14)11-6-4-3-5-7-11/h3-7,12H,8H2,1-2H3. The number of hydrogen-bond acceptors (Lipinski definition) is 4. The average molecular weight is 222 g/mol. The van der Waals surface area contributed by atoms with Crippen molar-refractivity contribution in [1.82, 2.24) is 0 Å². The summed E-state index contributed by atoms with van der Waals surface area (Å²) in [5, 5.41) is 0. The van der Waals surface area contributed by atoms with Crippen LogP contribution in [0.15, 0.2) is 30.3 Å². The summed E-state index contributed by atoms with van der Waals surface area (Å²) in [6.07, 6.45) is -0.539. The van der Waals surface area contributed by atoms with Gasteiger partial charge in [-0.1, -0.05) is 30.3 Å². The van der Waals surface area contributed by atoms with Gasteiger partial charge in [0.05, 0.1) is 0 Å². The first kappa shape index (κ1) is 12.2. The summed E-state index contributed by atoms with van der Waals surface area (Å²) in [5.74, 6) is -0.797. The van der Waals surface area contributed by atoms with E-state index in [-0.39, 0.29) is 6.61 Å². The fourth-order valence-electron chi connectivity index (χ4n) is 1.26. The minimum absolute atomic E-state index is 0.0406. The van der Waals surface area contributed by atoms with Gasteiger partial charge in [-0.2, -0.15) is 0 Å². The zero-order valence-electron chi connectivity index (χ0n) is 9.30. The van der Waals surface area contributed by atoms with E-state index in [4.69, 9.17) is 9.47 Å². The van der Waals surface area contributed by atoms with Gasteiger partial charge in [0.1, 0.15) is 6.61 Å². The predicted molar refractivity (Wildman–Crippen MR) is 57.6 cm³/mol. The van der Waals surface area contributed by atoms with Crippen LogP contribution in [0.2, 0.25) is 0 Å². The monoisotopic (exact) mass is 222 g/mol. The molecule has 0 bridgehead atoms. The molecular formula is C12H14O4. The molecule has 0 aliphatic heterocycles. The molecule has 16 heavy (non-hydrogen) atoms. The third-order valence-electron chi connectivity index (χ3n) is 1.92. The van der Waals surface area contributed by atoms with Gasteiger partial charge in [0.15, 0.2) is 6.10 Å². The highest BCUT2D eigenvalue weighted by Crippen LogP contribution is 2.17. The average Bonchev–Trinajstić information content (AvgIpc) is 2.25. The Kier molecular flexibility index (Phi) is 4.51. The quantitative estimate of drug-likeness (QED) is 0.729. The first-order valence-corrected chi connectivity index (χ1v) is 4.95. The van der Waals surface area contributed by atoms with Crippen molar-refractivity contribution < 1.29 is 19.1 Å². The molecule has 1 atom stereocenters. The first-order valence-electron chi connectivity index (χ1n) is 4.95. The molecule has 0 heterocycles. The van der Waals surface area contributed by atoms with Crippen LogP contribution in [0.1, 0.15) is 25.5 Å². The van der Waals surface area contributed by atoms with Crippen LogP contribution >= 0.6 is 0 Å². The maximum Gasteiger partial charge on any atom is 0.303 e. The minimum atomic E-state index is -0.539. The number of carbonyl (C=O) groups excluding carboxylic acids is 2. The number of rotatable bonds is 4. The fraction of sp³-hybridized carbons (Fsp3) is 0.333. The normalized spacial score (nSPS) is 11.6. The smallest absolute Gasteiger partial charge is 0.303 e. The lowest BCUT2D eigenvalue weighted by atomic mass is 10.1. The fourth-order valence-corrected chi connectivity index (χ4v) is 1.26. The molecule has 4 heteroatoms. The molecule has 0 aromatic heterocycles. The summed E-state index contributed by atoms with van der Waals surface area (Å²) in [5.41, 5.74) is 0.805. The van der Waals surface area contributed by atoms with Gasteiger partial charge >= 0.3 is 11.9 Å². The van der Waals surface area contributed by atoms with Crippen molar-refractivity contribution in [3.8, 4) is 0 Å². The van der Waals surface area contributed by atoms with Crippen molar-refractivity contribution in [3.63, 3.8) is 0 Å². The van der Waals surface area contributed by atoms with Crippen molar-refractivity contribution in [3.05, 3.63) is 35.9 Å². The van der Waals surface area contributed by atoms with Crippen LogP contribution in [0, 0.1) is 0 Å². The Morgan fingerprint density at radius 2 is 1.75 bits per heavy atom. The van der Waals surface area contributed by atoms with Crippen molar-refractivity contribution in [2.45, 2.75) is 20.0 Å². The molecule has 1 rings (SSSR count). The van der Waals surface area contributed by atoms with Gasteiger partial charge in [0.2, 0.25) is 0 Å². The molecule has 0 N–H and O–H groups in total. The van der Waals surface area contributed by atoms with Crippen LogP contribution in [-0.2, 0) is 19.1 Å². The van der Waals surface area contributed by atoms with E-state index in [9.17, 15) is 9.59 Å². The third kappa shape index (κ3) is 4.13. The lowest BCUT2D eigenvalue weighted by Crippen LogP contribution is -2.16. The van der Waals surface area contributed by atoms with E-state index in [0.29, 0.717) is 0 Å². The van der Waals surface area contributed by atoms with Gasteiger partial charge in [-0.25, -0.2) is 0 Å². The van der Waals surface area contributed by atoms with E-state index in [1.165, 1.54) is 13.8 Å². The Labute approximate surface area is 94.2 Å². The van der Waals surface area contributed by atoms with E-state index in [1.54, 1.807) is 0 Å². The SMILES string of the molecule is CC(=O)OCC(OC(C)=O)c1ccccc1. The zero-order chi connectivity index (χ0) is 12.0. The second-order valence-corrected chi connectivity index (χ2v) is 3.31. The number of hydrogen-bond donors (Lipinski definition) is 0. The molecule has 0 radical (unpaired) electrons. The van der Waals surface area contributed by atoms with Crippen LogP contribution in [0.5, 0.6) is 0 Å². The highest BCUT2D eigenvalue weighted by atomic mass is 16.6. The van der Waals surface area contributed by atoms with E-state index >= 15 is 0 Å². The summed E-state index contributed by atoms with van der Waals surface area (Å²) >= 11 is 0. The van der Waals surface area contributed by atoms with E-state index in [1.807, 2.05) is 30.3 Å². The van der Waals surface area contributed by atoms with Crippen molar-refractivity contribution in [1.29, 1.82) is 0 Å². The highest BCUT2D eigenvalue weighted by molar-refractivity contribution is 5.67. The lowest BCUT2D eigenvalue weighted by Gasteiger charge is -2.16. The molecule has 0 aliphatic carbocycles. The Morgan fingerprint density at radius 1 is 1.12 bits per heavy atom. The minimum Gasteiger partial charge on any atom is -0.462 e. The van der Waals surface area contributed by atoms with Gasteiger partial charge in [0.25, 0.3) is 0 Å². The number of esters is 2. The van der Waals surface area contributed by atoms with Gasteiger partial charge in [-0.15, -0.1) is 0 Å². The molecule has 0 saturated heterocycles. The van der Waals surface area contributed by atoms with Gasteiger partial charge in [0, 0.05) is 13.8 Å². The molecular weight excluding hydrogens is 208 g/mol. The molecule has 0 spiro atoms. The van der Waals surface area contributed by atoms with E-state index < -0.39 is 18.0 Å². The summed E-state index contributed by atoms with van der Waals surface area (Å²) in [6.45, 7) is 2.68. The van der Waals surface area contributed by atoms with Crippen LogP contribution in [-0.4, -0.2) is 18.5 Å². The van der Waals surface area contributed by atoms with Gasteiger partial charge in [-0.05, 0) is 5.56 Å². The largest absolute Gasteiger partial charge is 0.462 e. The van der Waals surface area contributed by atoms with Crippen molar-refractivity contribution in [2.75, 3.05) is 6.61 Å². The maximum atomic E-state index is 10.9. The highest BCUT2D eigenvalue weighted by Gasteiger charge is 2.15. The molecule has 4 nitrogen and oxygen atoms in total. The molecule has 86 valence electrons. The Balaban J connectivity index is 2.71. The first-order chi connectivity index (χ1) is 7.59. The second-order valence-electron chi connectivity index (χ2n) is 3.31. The third-order valence-corrected chi connectivity index (χ3v) is 1.92. The molecule has 0 amide bonds. The van der Waals surface area contributed by atoms with Crippen molar-refractivity contribution >= 4 is 11.9 Å². The topological polar surface area (TPSA) is 52.6 Å². The van der Waals surface area contributed by atoms with Crippen LogP contribution in [0.3, 0.4) is 0 Å². The summed E-state index contributed by atoms with van der Waals surface area (Å²) in [4.78, 5) is 21.6. The van der Waals surface area contributed by atoms with Crippen LogP contribution < -0.4 is 0 Å². The van der Waals surface area contributed by atoms with Crippen molar-refractivity contribution in [2.24, 2.45) is 0 Å². The van der Waals surface area contributed by atoms with Gasteiger partial charge < -0.3 is 9.47 Å². The van der Waals surface area contributed by atoms with Crippen LogP contribution in [0.4, 0.5) is 0 Å². The Bertz CT molecular complexity index is 359. The van der Waals surface area contributed by atoms with Crippen LogP contribution in [0.25, 0.3) is 0 Å². The second kappa shape index (κ2) is 5.90. The summed E-state index contributed by atoms with van der Waals surface area (Å²) in [6, 6.07) is 9.16. The molecule has 0 aliphatic rings. The predicted octanol–water partition coefficient (Wildman–Crippen LogP) is 1.85. The molecule has 1 unspecified atom stereocenters. The van der Waals surface area contributed by atoms with E-state index in [2.05, 4.69) is 0 Å². The number of ether oxygens (including phenoxy) is 2. The zero-order valence-corrected chi connectivity index (χ0v) is 9.30. The van der Waals surface area contributed by atoms with E-state index in [0.717, 1.165) is 5.56 Å².